The van der Waals surface area contributed by atoms with Gasteiger partial charge < -0.3 is 26.0 Å². The van der Waals surface area contributed by atoms with E-state index in [4.69, 9.17) is 0 Å². The fourth-order valence-electron chi connectivity index (χ4n) is 3.68. The summed E-state index contributed by atoms with van der Waals surface area (Å²) in [4.78, 5) is 40.3. The molecule has 3 rings (SSSR count). The Kier molecular flexibility index (Phi) is 7.75. The van der Waals surface area contributed by atoms with Crippen molar-refractivity contribution in [3.8, 4) is 0 Å². The van der Waals surface area contributed by atoms with E-state index < -0.39 is 24.0 Å². The Balaban J connectivity index is 1.68. The molecule has 0 spiro atoms. The molecule has 8 nitrogen and oxygen atoms in total. The Morgan fingerprint density at radius 1 is 1.23 bits per heavy atom. The first-order valence-electron chi connectivity index (χ1n) is 10.1. The molecule has 0 unspecified atom stereocenters. The number of thioether (sulfide) groups is 1. The van der Waals surface area contributed by atoms with Crippen molar-refractivity contribution in [2.24, 2.45) is 0 Å². The molecule has 1 fully saturated rings. The zero-order chi connectivity index (χ0) is 21.5. The summed E-state index contributed by atoms with van der Waals surface area (Å²) in [7, 11) is 0. The molecule has 1 aromatic heterocycles. The van der Waals surface area contributed by atoms with Crippen molar-refractivity contribution in [2.75, 3.05) is 18.6 Å². The third kappa shape index (κ3) is 5.54. The average Bonchev–Trinajstić information content (AvgIpc) is 3.41. The highest BCUT2D eigenvalue weighted by Gasteiger charge is 2.30. The second-order valence-electron chi connectivity index (χ2n) is 7.45. The first-order chi connectivity index (χ1) is 14.5. The summed E-state index contributed by atoms with van der Waals surface area (Å²) in [5, 5.41) is 19.2. The minimum Gasteiger partial charge on any atom is -0.480 e. The van der Waals surface area contributed by atoms with Crippen LogP contribution in [-0.2, 0) is 20.8 Å². The van der Waals surface area contributed by atoms with Gasteiger partial charge in [-0.1, -0.05) is 18.2 Å². The topological polar surface area (TPSA) is 123 Å². The molecular formula is C21H28N4O4S. The molecule has 1 saturated heterocycles. The van der Waals surface area contributed by atoms with E-state index in [1.54, 1.807) is 18.0 Å². The summed E-state index contributed by atoms with van der Waals surface area (Å²) in [6.45, 7) is 0.783. The van der Waals surface area contributed by atoms with Gasteiger partial charge in [0.15, 0.2) is 0 Å². The molecule has 1 aliphatic rings. The monoisotopic (exact) mass is 432 g/mol. The van der Waals surface area contributed by atoms with Crippen molar-refractivity contribution in [3.05, 3.63) is 36.0 Å². The molecule has 9 heteroatoms. The summed E-state index contributed by atoms with van der Waals surface area (Å²) in [6.07, 6.45) is 5.94. The van der Waals surface area contributed by atoms with Crippen LogP contribution < -0.4 is 16.0 Å². The fraction of sp³-hybridized carbons (Fsp3) is 0.476. The highest BCUT2D eigenvalue weighted by atomic mass is 32.2. The SMILES string of the molecule is CSCC[C@H](NC(=O)[C@@H]1CCCN1)C(=O)N[C@@H](Cc1c[nH]c2ccccc12)C(=O)O. The number of hydrogen-bond acceptors (Lipinski definition) is 5. The van der Waals surface area contributed by atoms with E-state index >= 15 is 0 Å². The first-order valence-corrected chi connectivity index (χ1v) is 11.5. The molecule has 2 amide bonds. The average molecular weight is 433 g/mol. The zero-order valence-corrected chi connectivity index (χ0v) is 17.8. The van der Waals surface area contributed by atoms with Crippen LogP contribution in [0.4, 0.5) is 0 Å². The Hall–Kier alpha value is -2.52. The van der Waals surface area contributed by atoms with Crippen molar-refractivity contribution >= 4 is 40.4 Å². The van der Waals surface area contributed by atoms with E-state index in [-0.39, 0.29) is 18.4 Å². The number of aromatic amines is 1. The van der Waals surface area contributed by atoms with E-state index in [1.807, 2.05) is 30.5 Å². The van der Waals surface area contributed by atoms with Crippen LogP contribution in [0.15, 0.2) is 30.5 Å². The highest BCUT2D eigenvalue weighted by molar-refractivity contribution is 7.98. The van der Waals surface area contributed by atoms with Crippen molar-refractivity contribution < 1.29 is 19.5 Å². The van der Waals surface area contributed by atoms with Gasteiger partial charge in [0.2, 0.25) is 11.8 Å². The molecule has 0 radical (unpaired) electrons. The number of amides is 2. The predicted molar refractivity (Wildman–Crippen MR) is 118 cm³/mol. The number of hydrogen-bond donors (Lipinski definition) is 5. The third-order valence-electron chi connectivity index (χ3n) is 5.33. The number of carbonyl (C=O) groups excluding carboxylic acids is 2. The van der Waals surface area contributed by atoms with E-state index in [0.29, 0.717) is 12.2 Å². The van der Waals surface area contributed by atoms with Crippen molar-refractivity contribution in [2.45, 2.75) is 43.8 Å². The lowest BCUT2D eigenvalue weighted by Gasteiger charge is -2.22. The third-order valence-corrected chi connectivity index (χ3v) is 5.98. The van der Waals surface area contributed by atoms with Gasteiger partial charge in [0.1, 0.15) is 12.1 Å². The lowest BCUT2D eigenvalue weighted by atomic mass is 10.0. The molecule has 0 aliphatic carbocycles. The van der Waals surface area contributed by atoms with Gasteiger partial charge in [-0.3, -0.25) is 9.59 Å². The van der Waals surface area contributed by atoms with Crippen LogP contribution in [0.2, 0.25) is 0 Å². The molecule has 162 valence electrons. The second kappa shape index (κ2) is 10.5. The quantitative estimate of drug-likeness (QED) is 0.385. The van der Waals surface area contributed by atoms with Crippen LogP contribution in [0, 0.1) is 0 Å². The van der Waals surface area contributed by atoms with Gasteiger partial charge in [-0.05, 0) is 49.4 Å². The van der Waals surface area contributed by atoms with E-state index in [1.165, 1.54) is 0 Å². The molecule has 30 heavy (non-hydrogen) atoms. The molecule has 3 atom stereocenters. The van der Waals surface area contributed by atoms with Gasteiger partial charge in [0, 0.05) is 23.5 Å². The molecule has 5 N–H and O–H groups in total. The lowest BCUT2D eigenvalue weighted by Crippen LogP contribution is -2.54. The molecular weight excluding hydrogens is 404 g/mol. The number of benzene rings is 1. The normalized spacial score (nSPS) is 18.1. The summed E-state index contributed by atoms with van der Waals surface area (Å²) in [6, 6.07) is 5.47. The minimum atomic E-state index is -1.11. The summed E-state index contributed by atoms with van der Waals surface area (Å²) in [5.74, 6) is -1.11. The van der Waals surface area contributed by atoms with Crippen LogP contribution >= 0.6 is 11.8 Å². The largest absolute Gasteiger partial charge is 0.480 e. The maximum absolute atomic E-state index is 12.9. The summed E-state index contributed by atoms with van der Waals surface area (Å²) < 4.78 is 0. The first kappa shape index (κ1) is 22.2. The van der Waals surface area contributed by atoms with Gasteiger partial charge in [-0.2, -0.15) is 11.8 Å². The van der Waals surface area contributed by atoms with Crippen LogP contribution in [0.3, 0.4) is 0 Å². The van der Waals surface area contributed by atoms with Crippen LogP contribution in [0.1, 0.15) is 24.8 Å². The van der Waals surface area contributed by atoms with Gasteiger partial charge in [-0.15, -0.1) is 0 Å². The van der Waals surface area contributed by atoms with Crippen molar-refractivity contribution in [1.29, 1.82) is 0 Å². The maximum atomic E-state index is 12.9. The number of nitrogens with one attached hydrogen (secondary N) is 4. The van der Waals surface area contributed by atoms with Crippen LogP contribution in [0.25, 0.3) is 10.9 Å². The van der Waals surface area contributed by atoms with Gasteiger partial charge >= 0.3 is 5.97 Å². The smallest absolute Gasteiger partial charge is 0.326 e. The van der Waals surface area contributed by atoms with Gasteiger partial charge in [0.05, 0.1) is 6.04 Å². The number of fused-ring (bicyclic) bond motifs is 1. The highest BCUT2D eigenvalue weighted by Crippen LogP contribution is 2.19. The standard InChI is InChI=1S/C21H28N4O4S/c1-30-10-8-17(24-19(26)16-7-4-9-22-16)20(27)25-18(21(28)29)11-13-12-23-15-6-3-2-5-14(13)15/h2-3,5-6,12,16-18,22-23H,4,7-11H2,1H3,(H,24,26)(H,25,27)(H,28,29)/t16-,17-,18-/m0/s1. The molecule has 1 aromatic carbocycles. The maximum Gasteiger partial charge on any atom is 0.326 e. The second-order valence-corrected chi connectivity index (χ2v) is 8.44. The number of carboxylic acids is 1. The number of carbonyl (C=O) groups is 3. The summed E-state index contributed by atoms with van der Waals surface area (Å²) >= 11 is 1.57. The van der Waals surface area contributed by atoms with E-state index in [2.05, 4.69) is 20.9 Å². The molecule has 1 aliphatic heterocycles. The Morgan fingerprint density at radius 3 is 2.73 bits per heavy atom. The van der Waals surface area contributed by atoms with Crippen molar-refractivity contribution in [1.82, 2.24) is 20.9 Å². The number of aromatic nitrogens is 1. The van der Waals surface area contributed by atoms with E-state index in [9.17, 15) is 19.5 Å². The Labute approximate surface area is 179 Å². The lowest BCUT2D eigenvalue weighted by molar-refractivity contribution is -0.142. The number of H-pyrrole nitrogens is 1. The number of aliphatic carboxylic acids is 1. The fourth-order valence-corrected chi connectivity index (χ4v) is 4.15. The number of carboxylic acid groups (broad SMARTS) is 1. The molecule has 0 saturated carbocycles. The number of rotatable bonds is 10. The molecule has 2 heterocycles. The molecule has 0 bridgehead atoms. The predicted octanol–water partition coefficient (Wildman–Crippen LogP) is 1.27. The van der Waals surface area contributed by atoms with Crippen LogP contribution in [0.5, 0.6) is 0 Å². The number of para-hydroxylation sites is 1. The Morgan fingerprint density at radius 2 is 2.03 bits per heavy atom. The van der Waals surface area contributed by atoms with E-state index in [0.717, 1.165) is 35.9 Å². The molecule has 2 aromatic rings. The Bertz CT molecular complexity index is 894. The van der Waals surface area contributed by atoms with Crippen LogP contribution in [-0.4, -0.2) is 64.6 Å². The van der Waals surface area contributed by atoms with Gasteiger partial charge in [-0.25, -0.2) is 4.79 Å². The summed E-state index contributed by atoms with van der Waals surface area (Å²) in [5.41, 5.74) is 1.73. The minimum absolute atomic E-state index is 0.151. The van der Waals surface area contributed by atoms with Gasteiger partial charge in [0.25, 0.3) is 0 Å². The van der Waals surface area contributed by atoms with Crippen molar-refractivity contribution in [3.63, 3.8) is 0 Å². The zero-order valence-electron chi connectivity index (χ0n) is 16.9.